The minimum Gasteiger partial charge on any atom is -0.355 e. The number of carbonyl (C=O) groups is 1. The number of hydrogen-bond donors (Lipinski definition) is 1. The minimum atomic E-state index is 0.0662. The van der Waals surface area contributed by atoms with Crippen molar-refractivity contribution in [1.82, 2.24) is 24.8 Å². The third-order valence-corrected chi connectivity index (χ3v) is 7.14. The Morgan fingerprint density at radius 1 is 1.09 bits per heavy atom. The number of hydrogen-bond acceptors (Lipinski definition) is 5. The molecule has 1 atom stereocenters. The lowest BCUT2D eigenvalue weighted by Gasteiger charge is -2.32. The molecule has 1 amide bonds. The molecule has 7 heteroatoms. The number of nitrogens with one attached hydrogen (secondary N) is 1. The molecule has 0 aliphatic carbocycles. The van der Waals surface area contributed by atoms with Crippen LogP contribution >= 0.6 is 0 Å². The van der Waals surface area contributed by atoms with Crippen molar-refractivity contribution in [2.24, 2.45) is 5.92 Å². The van der Waals surface area contributed by atoms with Gasteiger partial charge in [0.1, 0.15) is 12.2 Å². The topological polar surface area (TPSA) is 75.9 Å². The van der Waals surface area contributed by atoms with Crippen molar-refractivity contribution in [3.8, 4) is 0 Å². The van der Waals surface area contributed by atoms with Crippen LogP contribution in [-0.4, -0.2) is 44.6 Å². The van der Waals surface area contributed by atoms with Gasteiger partial charge in [-0.2, -0.15) is 0 Å². The fraction of sp³-hybridized carbons (Fsp3) is 0.538. The van der Waals surface area contributed by atoms with Crippen LogP contribution in [0, 0.1) is 5.92 Å². The second kappa shape index (κ2) is 9.89. The highest BCUT2D eigenvalue weighted by molar-refractivity contribution is 5.84. The highest BCUT2D eigenvalue weighted by Crippen LogP contribution is 2.29. The second-order valence-electron chi connectivity index (χ2n) is 9.56. The molecule has 0 unspecified atom stereocenters. The van der Waals surface area contributed by atoms with Gasteiger partial charge in [-0.25, -0.2) is 15.0 Å². The van der Waals surface area contributed by atoms with Crippen molar-refractivity contribution >= 4 is 22.9 Å². The first-order valence-electron chi connectivity index (χ1n) is 12.5. The zero-order chi connectivity index (χ0) is 22.6. The molecule has 0 radical (unpaired) electrons. The summed E-state index contributed by atoms with van der Waals surface area (Å²) >= 11 is 0. The Morgan fingerprint density at radius 2 is 1.91 bits per heavy atom. The molecule has 0 spiro atoms. The highest BCUT2D eigenvalue weighted by Gasteiger charge is 2.28. The van der Waals surface area contributed by atoms with E-state index in [1.165, 1.54) is 24.8 Å². The van der Waals surface area contributed by atoms with Gasteiger partial charge in [0.2, 0.25) is 5.91 Å². The number of rotatable bonds is 6. The van der Waals surface area contributed by atoms with E-state index in [0.29, 0.717) is 0 Å². The monoisotopic (exact) mass is 446 g/mol. The van der Waals surface area contributed by atoms with Crippen molar-refractivity contribution in [3.63, 3.8) is 0 Å². The van der Waals surface area contributed by atoms with Crippen LogP contribution in [0.1, 0.15) is 56.8 Å². The van der Waals surface area contributed by atoms with E-state index in [1.54, 1.807) is 6.33 Å². The van der Waals surface area contributed by atoms with Crippen molar-refractivity contribution in [3.05, 3.63) is 48.0 Å². The zero-order valence-electron chi connectivity index (χ0n) is 19.5. The molecule has 2 aromatic heterocycles. The first kappa shape index (κ1) is 21.9. The van der Waals surface area contributed by atoms with Gasteiger partial charge in [0.05, 0.1) is 0 Å². The van der Waals surface area contributed by atoms with E-state index in [9.17, 15) is 4.79 Å². The number of nitrogens with zero attached hydrogens (tertiary/aromatic N) is 5. The van der Waals surface area contributed by atoms with Gasteiger partial charge >= 0.3 is 0 Å². The van der Waals surface area contributed by atoms with Gasteiger partial charge in [0.25, 0.3) is 0 Å². The largest absolute Gasteiger partial charge is 0.355 e. The van der Waals surface area contributed by atoms with Gasteiger partial charge in [-0.1, -0.05) is 36.8 Å². The first-order chi connectivity index (χ1) is 16.2. The van der Waals surface area contributed by atoms with Crippen LogP contribution in [0.4, 0.5) is 5.82 Å². The van der Waals surface area contributed by atoms with Crippen LogP contribution in [0.5, 0.6) is 0 Å². The Hall–Kier alpha value is -2.96. The summed E-state index contributed by atoms with van der Waals surface area (Å²) < 4.78 is 2.28. The average molecular weight is 447 g/mol. The summed E-state index contributed by atoms with van der Waals surface area (Å²) in [5.74, 6) is 2.33. The van der Waals surface area contributed by atoms with E-state index in [0.717, 1.165) is 74.5 Å². The van der Waals surface area contributed by atoms with E-state index < -0.39 is 0 Å². The smallest absolute Gasteiger partial charge is 0.223 e. The summed E-state index contributed by atoms with van der Waals surface area (Å²) in [6.45, 7) is 4.75. The summed E-state index contributed by atoms with van der Waals surface area (Å²) in [6.07, 6.45) is 9.94. The Labute approximate surface area is 195 Å². The normalized spacial score (nSPS) is 18.0. The van der Waals surface area contributed by atoms with Gasteiger partial charge in [0.15, 0.2) is 17.0 Å². The molecule has 1 fully saturated rings. The van der Waals surface area contributed by atoms with Gasteiger partial charge in [-0.3, -0.25) is 4.79 Å². The molecule has 174 valence electrons. The maximum absolute atomic E-state index is 12.9. The number of benzene rings is 1. The third-order valence-electron chi connectivity index (χ3n) is 7.14. The van der Waals surface area contributed by atoms with Crippen LogP contribution in [-0.2, 0) is 24.2 Å². The number of imidazole rings is 1. The molecule has 33 heavy (non-hydrogen) atoms. The van der Waals surface area contributed by atoms with Crippen LogP contribution in [0.15, 0.2) is 36.7 Å². The molecule has 7 nitrogen and oxygen atoms in total. The van der Waals surface area contributed by atoms with Crippen molar-refractivity contribution in [2.45, 2.75) is 70.9 Å². The van der Waals surface area contributed by atoms with E-state index >= 15 is 0 Å². The number of fused-ring (bicyclic) bond motifs is 3. The summed E-state index contributed by atoms with van der Waals surface area (Å²) in [5.41, 5.74) is 3.20. The van der Waals surface area contributed by atoms with Gasteiger partial charge in [0, 0.05) is 38.0 Å². The second-order valence-corrected chi connectivity index (χ2v) is 9.56. The van der Waals surface area contributed by atoms with Gasteiger partial charge in [-0.15, -0.1) is 0 Å². The lowest BCUT2D eigenvalue weighted by molar-refractivity contribution is -0.126. The SMILES string of the molecule is C[C@H](CCc1ccccc1)NC(=O)C1CCN(c2ncnc3c2nc2n3CCCCC2)CC1. The lowest BCUT2D eigenvalue weighted by atomic mass is 9.95. The summed E-state index contributed by atoms with van der Waals surface area (Å²) in [6, 6.07) is 10.6. The van der Waals surface area contributed by atoms with Gasteiger partial charge in [-0.05, 0) is 51.0 Å². The van der Waals surface area contributed by atoms with E-state index in [2.05, 4.69) is 55.9 Å². The van der Waals surface area contributed by atoms with Crippen molar-refractivity contribution in [1.29, 1.82) is 0 Å². The van der Waals surface area contributed by atoms with Crippen molar-refractivity contribution < 1.29 is 4.79 Å². The maximum Gasteiger partial charge on any atom is 0.223 e. The van der Waals surface area contributed by atoms with Crippen LogP contribution in [0.2, 0.25) is 0 Å². The molecule has 0 bridgehead atoms. The van der Waals surface area contributed by atoms with Crippen LogP contribution < -0.4 is 10.2 Å². The molecule has 0 saturated carbocycles. The maximum atomic E-state index is 12.9. The number of piperidine rings is 1. The fourth-order valence-corrected chi connectivity index (χ4v) is 5.17. The first-order valence-corrected chi connectivity index (χ1v) is 12.5. The molecule has 2 aliphatic rings. The Morgan fingerprint density at radius 3 is 2.73 bits per heavy atom. The molecule has 2 aliphatic heterocycles. The minimum absolute atomic E-state index is 0.0662. The molecule has 1 aromatic carbocycles. The predicted molar refractivity (Wildman–Crippen MR) is 130 cm³/mol. The van der Waals surface area contributed by atoms with Crippen LogP contribution in [0.3, 0.4) is 0 Å². The van der Waals surface area contributed by atoms with E-state index in [-0.39, 0.29) is 17.9 Å². The molecular formula is C26H34N6O. The number of aryl methyl sites for hydroxylation is 3. The van der Waals surface area contributed by atoms with Crippen LogP contribution in [0.25, 0.3) is 11.2 Å². The highest BCUT2D eigenvalue weighted by atomic mass is 16.1. The van der Waals surface area contributed by atoms with Gasteiger partial charge < -0.3 is 14.8 Å². The van der Waals surface area contributed by atoms with Crippen molar-refractivity contribution in [2.75, 3.05) is 18.0 Å². The Bertz CT molecular complexity index is 1090. The summed E-state index contributed by atoms with van der Waals surface area (Å²) in [4.78, 5) is 29.3. The third kappa shape index (κ3) is 4.87. The number of anilines is 1. The number of carbonyl (C=O) groups excluding carboxylic acids is 1. The molecule has 1 N–H and O–H groups in total. The number of amides is 1. The Balaban J connectivity index is 1.18. The Kier molecular flexibility index (Phi) is 6.55. The fourth-order valence-electron chi connectivity index (χ4n) is 5.17. The summed E-state index contributed by atoms with van der Waals surface area (Å²) in [5, 5.41) is 3.24. The predicted octanol–water partition coefficient (Wildman–Crippen LogP) is 3.91. The molecule has 5 rings (SSSR count). The lowest BCUT2D eigenvalue weighted by Crippen LogP contribution is -2.43. The molecule has 4 heterocycles. The molecule has 1 saturated heterocycles. The number of aromatic nitrogens is 4. The zero-order valence-corrected chi connectivity index (χ0v) is 19.5. The quantitative estimate of drug-likeness (QED) is 0.621. The van der Waals surface area contributed by atoms with E-state index in [1.807, 2.05) is 6.07 Å². The standard InChI is InChI=1S/C26H34N6O/c1-19(11-12-20-8-4-2-5-9-20)29-26(33)21-13-16-31(17-14-21)24-23-25(28-18-27-24)32-15-7-3-6-10-22(32)30-23/h2,4-5,8-9,18-19,21H,3,6-7,10-17H2,1H3,(H,29,33)/t19-/m1/s1. The van der Waals surface area contributed by atoms with E-state index in [4.69, 9.17) is 4.98 Å². The molecular weight excluding hydrogens is 412 g/mol. The average Bonchev–Trinajstić information content (AvgIpc) is 3.04. The summed E-state index contributed by atoms with van der Waals surface area (Å²) in [7, 11) is 0. The molecule has 3 aromatic rings.